The maximum atomic E-state index is 13.4. The Hall–Kier alpha value is -2.78. The molecule has 0 radical (unpaired) electrons. The van der Waals surface area contributed by atoms with Crippen LogP contribution in [0.4, 0.5) is 24.5 Å². The van der Waals surface area contributed by atoms with Crippen molar-refractivity contribution in [2.75, 3.05) is 57.8 Å². The number of aryl methyl sites for hydroxylation is 2. The summed E-state index contributed by atoms with van der Waals surface area (Å²) in [5, 5.41) is 11.2. The number of ether oxygens (including phenoxy) is 1. The predicted molar refractivity (Wildman–Crippen MR) is 142 cm³/mol. The first-order valence-electron chi connectivity index (χ1n) is 12.6. The van der Waals surface area contributed by atoms with Crippen molar-refractivity contribution in [3.63, 3.8) is 0 Å². The number of nitrogens with zero attached hydrogens (tertiary/aromatic N) is 4. The first-order valence-corrected chi connectivity index (χ1v) is 14.0. The fourth-order valence-electron chi connectivity index (χ4n) is 4.93. The van der Waals surface area contributed by atoms with Crippen molar-refractivity contribution in [3.8, 4) is 0 Å². The van der Waals surface area contributed by atoms with Crippen LogP contribution in [0.5, 0.6) is 0 Å². The summed E-state index contributed by atoms with van der Waals surface area (Å²) in [6.45, 7) is 2.79. The maximum Gasteiger partial charge on any atom is 0.390 e. The van der Waals surface area contributed by atoms with E-state index < -0.39 is 28.8 Å². The third kappa shape index (κ3) is 6.87. The fourth-order valence-corrected chi connectivity index (χ4v) is 6.51. The number of hydrogen-bond acceptors (Lipinski definition) is 7. The van der Waals surface area contributed by atoms with Crippen molar-refractivity contribution in [3.05, 3.63) is 57.5 Å². The van der Waals surface area contributed by atoms with E-state index in [1.165, 1.54) is 19.2 Å². The van der Waals surface area contributed by atoms with E-state index in [0.717, 1.165) is 11.8 Å². The van der Waals surface area contributed by atoms with Crippen molar-refractivity contribution in [2.45, 2.75) is 25.6 Å². The molecular weight excluding hydrogens is 537 g/mol. The number of hydrogen-bond donors (Lipinski definition) is 2. The number of nitrogens with one attached hydrogen (secondary N) is 2. The number of benzene rings is 1. The van der Waals surface area contributed by atoms with Crippen molar-refractivity contribution in [2.24, 2.45) is 7.05 Å². The molecule has 1 atom stereocenters. The van der Waals surface area contributed by atoms with Crippen LogP contribution in [0, 0.1) is 12.3 Å². The molecule has 2 aliphatic rings. The lowest BCUT2D eigenvalue weighted by Gasteiger charge is -2.43. The van der Waals surface area contributed by atoms with E-state index in [4.69, 9.17) is 10.1 Å². The van der Waals surface area contributed by atoms with Crippen LogP contribution in [0.1, 0.15) is 29.2 Å². The number of aromatic nitrogens is 1. The molecule has 214 valence electrons. The van der Waals surface area contributed by atoms with Crippen molar-refractivity contribution in [1.82, 2.24) is 18.1 Å². The Labute approximate surface area is 225 Å². The highest BCUT2D eigenvalue weighted by Crippen LogP contribution is 2.34. The van der Waals surface area contributed by atoms with E-state index in [1.54, 1.807) is 36.3 Å². The molecular formula is C25H33F3N6O4S. The summed E-state index contributed by atoms with van der Waals surface area (Å²) in [4.78, 5) is 13.4. The van der Waals surface area contributed by atoms with Crippen LogP contribution < -0.4 is 10.9 Å². The standard InChI is InChI=1S/C25H33F3N6O4S/c1-18-13-22(30-20-3-4-24(35)31(2)16-20)19(15-29)14-21(18)23-17-34(8-7-32(23)6-5-25(26,27)28)39(36,37)33-9-11-38-12-10-33/h3-4,13-16,23,29-30H,5-12,17H2,1-2H3. The lowest BCUT2D eigenvalue weighted by molar-refractivity contribution is -0.140. The van der Waals surface area contributed by atoms with Crippen molar-refractivity contribution in [1.29, 1.82) is 5.41 Å². The second kappa shape index (κ2) is 11.8. The topological polar surface area (TPSA) is 111 Å². The van der Waals surface area contributed by atoms with Crippen LogP contribution in [0.3, 0.4) is 0 Å². The van der Waals surface area contributed by atoms with E-state index in [0.29, 0.717) is 35.7 Å². The van der Waals surface area contributed by atoms with E-state index in [1.807, 2.05) is 6.92 Å². The fraction of sp³-hybridized carbons (Fsp3) is 0.520. The van der Waals surface area contributed by atoms with E-state index >= 15 is 0 Å². The van der Waals surface area contributed by atoms with Crippen LogP contribution in [-0.4, -0.2) is 91.4 Å². The van der Waals surface area contributed by atoms with Gasteiger partial charge < -0.3 is 20.0 Å². The van der Waals surface area contributed by atoms with E-state index in [-0.39, 0.29) is 44.8 Å². The van der Waals surface area contributed by atoms with E-state index in [2.05, 4.69) is 5.32 Å². The first kappa shape index (κ1) is 29.2. The molecule has 0 bridgehead atoms. The summed E-state index contributed by atoms with van der Waals surface area (Å²) in [5.41, 5.74) is 2.91. The minimum atomic E-state index is -4.35. The van der Waals surface area contributed by atoms with Crippen LogP contribution in [-0.2, 0) is 22.0 Å². The molecule has 1 aromatic carbocycles. The average Bonchev–Trinajstić information content (AvgIpc) is 2.90. The zero-order valence-corrected chi connectivity index (χ0v) is 22.7. The third-order valence-corrected chi connectivity index (χ3v) is 9.08. The summed E-state index contributed by atoms with van der Waals surface area (Å²) >= 11 is 0. The van der Waals surface area contributed by atoms with Gasteiger partial charge in [-0.2, -0.15) is 30.2 Å². The third-order valence-electron chi connectivity index (χ3n) is 7.08. The quantitative estimate of drug-likeness (QED) is 0.473. The Morgan fingerprint density at radius 3 is 2.49 bits per heavy atom. The Morgan fingerprint density at radius 1 is 1.13 bits per heavy atom. The van der Waals surface area contributed by atoms with Gasteiger partial charge >= 0.3 is 6.18 Å². The molecule has 39 heavy (non-hydrogen) atoms. The van der Waals surface area contributed by atoms with Crippen LogP contribution >= 0.6 is 0 Å². The molecule has 3 heterocycles. The number of anilines is 2. The zero-order valence-electron chi connectivity index (χ0n) is 21.9. The second-order valence-electron chi connectivity index (χ2n) is 9.73. The summed E-state index contributed by atoms with van der Waals surface area (Å²) in [7, 11) is -2.21. The molecule has 0 spiro atoms. The molecule has 2 N–H and O–H groups in total. The van der Waals surface area contributed by atoms with E-state index in [9.17, 15) is 26.4 Å². The minimum Gasteiger partial charge on any atom is -0.379 e. The lowest BCUT2D eigenvalue weighted by atomic mass is 9.94. The van der Waals surface area contributed by atoms with Gasteiger partial charge in [-0.05, 0) is 36.2 Å². The van der Waals surface area contributed by atoms with Gasteiger partial charge in [0.1, 0.15) is 0 Å². The van der Waals surface area contributed by atoms with Crippen LogP contribution in [0.2, 0.25) is 0 Å². The van der Waals surface area contributed by atoms with Gasteiger partial charge in [-0.15, -0.1) is 0 Å². The molecule has 2 aromatic rings. The lowest BCUT2D eigenvalue weighted by Crippen LogP contribution is -2.56. The molecule has 14 heteroatoms. The molecule has 2 fully saturated rings. The molecule has 2 saturated heterocycles. The number of piperazine rings is 1. The molecule has 1 unspecified atom stereocenters. The normalized spacial score (nSPS) is 20.2. The van der Waals surface area contributed by atoms with Crippen LogP contribution in [0.25, 0.3) is 0 Å². The molecule has 1 aromatic heterocycles. The van der Waals surface area contributed by atoms with Gasteiger partial charge in [0.05, 0.1) is 25.3 Å². The van der Waals surface area contributed by atoms with Gasteiger partial charge in [-0.1, -0.05) is 0 Å². The molecule has 4 rings (SSSR count). The smallest absolute Gasteiger partial charge is 0.379 e. The van der Waals surface area contributed by atoms with Crippen molar-refractivity contribution < 1.29 is 26.3 Å². The first-order chi connectivity index (χ1) is 18.4. The molecule has 0 amide bonds. The van der Waals surface area contributed by atoms with Gasteiger partial charge in [-0.3, -0.25) is 9.69 Å². The predicted octanol–water partition coefficient (Wildman–Crippen LogP) is 2.62. The number of pyridine rings is 1. The SMILES string of the molecule is Cc1cc(Nc2ccc(=O)n(C)c2)c(C=N)cc1C1CN(S(=O)(=O)N2CCOCC2)CCN1CCC(F)(F)F. The Kier molecular flexibility index (Phi) is 8.81. The summed E-state index contributed by atoms with van der Waals surface area (Å²) in [6, 6.07) is 5.91. The maximum absolute atomic E-state index is 13.4. The highest BCUT2D eigenvalue weighted by molar-refractivity contribution is 7.86. The zero-order chi connectivity index (χ0) is 28.4. The van der Waals surface area contributed by atoms with Gasteiger partial charge in [0, 0.05) is 82.1 Å². The van der Waals surface area contributed by atoms with Gasteiger partial charge in [-0.25, -0.2) is 0 Å². The van der Waals surface area contributed by atoms with Gasteiger partial charge in [0.2, 0.25) is 5.56 Å². The number of morpholine rings is 1. The average molecular weight is 571 g/mol. The monoisotopic (exact) mass is 570 g/mol. The molecule has 0 aliphatic carbocycles. The van der Waals surface area contributed by atoms with Crippen LogP contribution in [0.15, 0.2) is 35.3 Å². The Balaban J connectivity index is 1.67. The molecule has 0 saturated carbocycles. The Morgan fingerprint density at radius 2 is 1.85 bits per heavy atom. The summed E-state index contributed by atoms with van der Waals surface area (Å²) in [5.74, 6) is 0. The highest BCUT2D eigenvalue weighted by atomic mass is 32.2. The molecule has 2 aliphatic heterocycles. The second-order valence-corrected chi connectivity index (χ2v) is 11.7. The number of rotatable bonds is 8. The number of alkyl halides is 3. The number of halogens is 3. The van der Waals surface area contributed by atoms with Gasteiger partial charge in [0.15, 0.2) is 0 Å². The Bertz CT molecular complexity index is 1360. The van der Waals surface area contributed by atoms with Gasteiger partial charge in [0.25, 0.3) is 10.2 Å². The molecule has 10 nitrogen and oxygen atoms in total. The summed E-state index contributed by atoms with van der Waals surface area (Å²) in [6.07, 6.45) is -2.60. The minimum absolute atomic E-state index is 0.0105. The highest BCUT2D eigenvalue weighted by Gasteiger charge is 2.39. The van der Waals surface area contributed by atoms with Crippen molar-refractivity contribution >= 4 is 27.8 Å². The summed E-state index contributed by atoms with van der Waals surface area (Å²) < 4.78 is 75.6. The largest absolute Gasteiger partial charge is 0.390 e.